The molecule has 1 fully saturated rings. The Bertz CT molecular complexity index is 892. The zero-order valence-electron chi connectivity index (χ0n) is 15.2. The molecule has 1 saturated heterocycles. The van der Waals surface area contributed by atoms with Gasteiger partial charge in [-0.2, -0.15) is 5.10 Å². The Hall–Kier alpha value is -2.73. The minimum Gasteiger partial charge on any atom is -0.493 e. The van der Waals surface area contributed by atoms with E-state index in [9.17, 15) is 0 Å². The van der Waals surface area contributed by atoms with Gasteiger partial charge in [-0.15, -0.1) is 0 Å². The van der Waals surface area contributed by atoms with Crippen LogP contribution in [0.4, 0.5) is 5.82 Å². The number of nitrogens with one attached hydrogen (secondary N) is 2. The van der Waals surface area contributed by atoms with Crippen molar-refractivity contribution in [2.24, 2.45) is 0 Å². The molecule has 26 heavy (non-hydrogen) atoms. The number of methoxy groups -OCH3 is 2. The predicted molar refractivity (Wildman–Crippen MR) is 103 cm³/mol. The Labute approximate surface area is 153 Å². The van der Waals surface area contributed by atoms with Gasteiger partial charge in [-0.05, 0) is 36.2 Å². The van der Waals surface area contributed by atoms with Crippen LogP contribution in [-0.4, -0.2) is 50.1 Å². The van der Waals surface area contributed by atoms with Crippen LogP contribution in [-0.2, 0) is 6.42 Å². The molecule has 0 unspecified atom stereocenters. The zero-order valence-corrected chi connectivity index (χ0v) is 15.2. The lowest BCUT2D eigenvalue weighted by Crippen LogP contribution is -2.51. The van der Waals surface area contributed by atoms with Gasteiger partial charge >= 0.3 is 0 Å². The molecular formula is C20H24N4O2. The SMILES string of the molecule is COc1ccc(C[C@H]2CN(c3n[nH]c4ccccc34)CCN2)cc1OC. The molecule has 4 rings (SSSR count). The second kappa shape index (κ2) is 7.25. The fraction of sp³-hybridized carbons (Fsp3) is 0.350. The second-order valence-corrected chi connectivity index (χ2v) is 6.58. The smallest absolute Gasteiger partial charge is 0.160 e. The monoisotopic (exact) mass is 352 g/mol. The van der Waals surface area contributed by atoms with Crippen LogP contribution >= 0.6 is 0 Å². The lowest BCUT2D eigenvalue weighted by atomic mass is 10.0. The summed E-state index contributed by atoms with van der Waals surface area (Å²) in [5.41, 5.74) is 2.31. The van der Waals surface area contributed by atoms with E-state index in [0.717, 1.165) is 48.9 Å². The molecule has 1 aromatic heterocycles. The van der Waals surface area contributed by atoms with E-state index in [2.05, 4.69) is 50.7 Å². The molecule has 1 atom stereocenters. The highest BCUT2D eigenvalue weighted by atomic mass is 16.5. The molecule has 0 bridgehead atoms. The van der Waals surface area contributed by atoms with E-state index >= 15 is 0 Å². The van der Waals surface area contributed by atoms with Crippen LogP contribution in [0.1, 0.15) is 5.56 Å². The van der Waals surface area contributed by atoms with E-state index in [1.54, 1.807) is 14.2 Å². The van der Waals surface area contributed by atoms with Crippen LogP contribution in [0.15, 0.2) is 42.5 Å². The Morgan fingerprint density at radius 2 is 1.96 bits per heavy atom. The van der Waals surface area contributed by atoms with E-state index in [1.165, 1.54) is 10.9 Å². The molecule has 0 aliphatic carbocycles. The second-order valence-electron chi connectivity index (χ2n) is 6.58. The van der Waals surface area contributed by atoms with Crippen molar-refractivity contribution in [1.82, 2.24) is 15.5 Å². The number of para-hydroxylation sites is 1. The lowest BCUT2D eigenvalue weighted by Gasteiger charge is -2.34. The van der Waals surface area contributed by atoms with Gasteiger partial charge in [0.05, 0.1) is 19.7 Å². The zero-order chi connectivity index (χ0) is 17.9. The van der Waals surface area contributed by atoms with Crippen molar-refractivity contribution < 1.29 is 9.47 Å². The van der Waals surface area contributed by atoms with Crippen molar-refractivity contribution in [3.8, 4) is 11.5 Å². The maximum absolute atomic E-state index is 5.42. The maximum atomic E-state index is 5.42. The van der Waals surface area contributed by atoms with Gasteiger partial charge in [0.2, 0.25) is 0 Å². The molecule has 6 heteroatoms. The highest BCUT2D eigenvalue weighted by Crippen LogP contribution is 2.29. The Balaban J connectivity index is 1.50. The number of hydrogen-bond donors (Lipinski definition) is 2. The van der Waals surface area contributed by atoms with Gasteiger partial charge < -0.3 is 19.7 Å². The first kappa shape index (κ1) is 16.7. The van der Waals surface area contributed by atoms with Gasteiger partial charge in [-0.1, -0.05) is 18.2 Å². The molecule has 136 valence electrons. The minimum atomic E-state index is 0.359. The molecule has 0 saturated carbocycles. The average molecular weight is 352 g/mol. The van der Waals surface area contributed by atoms with Crippen LogP contribution in [0, 0.1) is 0 Å². The van der Waals surface area contributed by atoms with Crippen molar-refractivity contribution in [2.45, 2.75) is 12.5 Å². The molecule has 2 aromatic carbocycles. The Morgan fingerprint density at radius 1 is 1.12 bits per heavy atom. The summed E-state index contributed by atoms with van der Waals surface area (Å²) in [6.45, 7) is 2.82. The molecule has 0 spiro atoms. The number of hydrogen-bond acceptors (Lipinski definition) is 5. The summed E-state index contributed by atoms with van der Waals surface area (Å²) in [6, 6.07) is 14.8. The average Bonchev–Trinajstić information content (AvgIpc) is 3.12. The first-order valence-electron chi connectivity index (χ1n) is 8.91. The van der Waals surface area contributed by atoms with Gasteiger partial charge in [-0.25, -0.2) is 0 Å². The van der Waals surface area contributed by atoms with Crippen molar-refractivity contribution in [3.63, 3.8) is 0 Å². The minimum absolute atomic E-state index is 0.359. The fourth-order valence-electron chi connectivity index (χ4n) is 3.64. The van der Waals surface area contributed by atoms with E-state index in [4.69, 9.17) is 9.47 Å². The number of aromatic nitrogens is 2. The third-order valence-electron chi connectivity index (χ3n) is 4.94. The van der Waals surface area contributed by atoms with Gasteiger partial charge in [0.15, 0.2) is 17.3 Å². The first-order chi connectivity index (χ1) is 12.8. The number of aromatic amines is 1. The van der Waals surface area contributed by atoms with Crippen molar-refractivity contribution in [1.29, 1.82) is 0 Å². The molecule has 1 aliphatic rings. The van der Waals surface area contributed by atoms with Gasteiger partial charge in [0.25, 0.3) is 0 Å². The molecule has 0 amide bonds. The van der Waals surface area contributed by atoms with E-state index in [0.29, 0.717) is 6.04 Å². The van der Waals surface area contributed by atoms with E-state index < -0.39 is 0 Å². The number of nitrogens with zero attached hydrogens (tertiary/aromatic N) is 2. The quantitative estimate of drug-likeness (QED) is 0.739. The summed E-state index contributed by atoms with van der Waals surface area (Å²) < 4.78 is 10.8. The molecule has 0 radical (unpaired) electrons. The number of anilines is 1. The molecule has 3 aromatic rings. The van der Waals surface area contributed by atoms with Gasteiger partial charge in [0, 0.05) is 31.1 Å². The van der Waals surface area contributed by atoms with Crippen LogP contribution < -0.4 is 19.7 Å². The number of rotatable bonds is 5. The van der Waals surface area contributed by atoms with Gasteiger partial charge in [-0.3, -0.25) is 5.10 Å². The standard InChI is InChI=1S/C20H24N4O2/c1-25-18-8-7-14(12-19(18)26-2)11-15-13-24(10-9-21-15)20-16-5-3-4-6-17(16)22-23-20/h3-8,12,15,21H,9-11,13H2,1-2H3,(H,22,23)/t15-/m0/s1. The summed E-state index contributed by atoms with van der Waals surface area (Å²) in [6.07, 6.45) is 0.930. The number of piperazine rings is 1. The summed E-state index contributed by atoms with van der Waals surface area (Å²) in [7, 11) is 3.33. The summed E-state index contributed by atoms with van der Waals surface area (Å²) in [5, 5.41) is 12.5. The Morgan fingerprint density at radius 3 is 2.81 bits per heavy atom. The summed E-state index contributed by atoms with van der Waals surface area (Å²) in [5.74, 6) is 2.58. The molecule has 1 aliphatic heterocycles. The third-order valence-corrected chi connectivity index (χ3v) is 4.94. The van der Waals surface area contributed by atoms with Gasteiger partial charge in [0.1, 0.15) is 0 Å². The third kappa shape index (κ3) is 3.20. The highest BCUT2D eigenvalue weighted by molar-refractivity contribution is 5.90. The van der Waals surface area contributed by atoms with Crippen molar-refractivity contribution >= 4 is 16.7 Å². The van der Waals surface area contributed by atoms with Crippen LogP contribution in [0.5, 0.6) is 11.5 Å². The number of ether oxygens (including phenoxy) is 2. The normalized spacial score (nSPS) is 17.5. The van der Waals surface area contributed by atoms with Crippen molar-refractivity contribution in [2.75, 3.05) is 38.8 Å². The predicted octanol–water partition coefficient (Wildman–Crippen LogP) is 2.60. The number of fused-ring (bicyclic) bond motifs is 1. The molecular weight excluding hydrogens is 328 g/mol. The summed E-state index contributed by atoms with van der Waals surface area (Å²) >= 11 is 0. The van der Waals surface area contributed by atoms with Crippen molar-refractivity contribution in [3.05, 3.63) is 48.0 Å². The highest BCUT2D eigenvalue weighted by Gasteiger charge is 2.23. The molecule has 6 nitrogen and oxygen atoms in total. The summed E-state index contributed by atoms with van der Waals surface area (Å²) in [4.78, 5) is 2.36. The maximum Gasteiger partial charge on any atom is 0.160 e. The first-order valence-corrected chi connectivity index (χ1v) is 8.91. The number of benzene rings is 2. The van der Waals surface area contributed by atoms with Crippen LogP contribution in [0.25, 0.3) is 10.9 Å². The molecule has 2 heterocycles. The topological polar surface area (TPSA) is 62.4 Å². The van der Waals surface area contributed by atoms with Crippen LogP contribution in [0.3, 0.4) is 0 Å². The fourth-order valence-corrected chi connectivity index (χ4v) is 3.64. The Kier molecular flexibility index (Phi) is 4.67. The van der Waals surface area contributed by atoms with E-state index in [1.807, 2.05) is 12.1 Å². The van der Waals surface area contributed by atoms with Crippen LogP contribution in [0.2, 0.25) is 0 Å². The lowest BCUT2D eigenvalue weighted by molar-refractivity contribution is 0.354. The largest absolute Gasteiger partial charge is 0.493 e. The van der Waals surface area contributed by atoms with E-state index in [-0.39, 0.29) is 0 Å². The molecule has 2 N–H and O–H groups in total. The number of H-pyrrole nitrogens is 1.